The molecule has 0 aromatic heterocycles. The third-order valence-electron chi connectivity index (χ3n) is 5.53. The van der Waals surface area contributed by atoms with Crippen molar-refractivity contribution in [1.29, 1.82) is 0 Å². The van der Waals surface area contributed by atoms with Crippen LogP contribution < -0.4 is 5.32 Å². The molecule has 0 amide bonds. The standard InChI is InChI=1S/C21H35N5O2.HI/c1-4-24(5-2)16-19-13-15-25(17-19)21(22-3)23-14-7-6-8-18-9-11-20(12-10-18)26(27)28;/h9-12,19H,4-8,13-17H2,1-3H3,(H,22,23);1H. The molecule has 1 fully saturated rings. The Labute approximate surface area is 192 Å². The number of nitro groups is 1. The lowest BCUT2D eigenvalue weighted by atomic mass is 10.1. The van der Waals surface area contributed by atoms with Crippen molar-refractivity contribution in [3.05, 3.63) is 39.9 Å². The predicted molar refractivity (Wildman–Crippen MR) is 130 cm³/mol. The van der Waals surface area contributed by atoms with E-state index >= 15 is 0 Å². The summed E-state index contributed by atoms with van der Waals surface area (Å²) in [4.78, 5) is 19.7. The maximum absolute atomic E-state index is 10.7. The first-order valence-electron chi connectivity index (χ1n) is 10.5. The predicted octanol–water partition coefficient (Wildman–Crippen LogP) is 3.77. The topological polar surface area (TPSA) is 74.0 Å². The Morgan fingerprint density at radius 3 is 2.55 bits per heavy atom. The molecule has 0 bridgehead atoms. The van der Waals surface area contributed by atoms with E-state index in [0.717, 1.165) is 69.4 Å². The first-order chi connectivity index (χ1) is 13.6. The van der Waals surface area contributed by atoms with Crippen LogP contribution in [0.4, 0.5) is 5.69 Å². The number of hydrogen-bond donors (Lipinski definition) is 1. The molecule has 1 heterocycles. The van der Waals surface area contributed by atoms with E-state index < -0.39 is 0 Å². The molecule has 2 rings (SSSR count). The number of nitro benzene ring substituents is 1. The highest BCUT2D eigenvalue weighted by atomic mass is 127. The van der Waals surface area contributed by atoms with Crippen LogP contribution in [-0.2, 0) is 6.42 Å². The summed E-state index contributed by atoms with van der Waals surface area (Å²) in [7, 11) is 1.86. The average molecular weight is 517 g/mol. The van der Waals surface area contributed by atoms with Crippen LogP contribution in [0.25, 0.3) is 0 Å². The molecule has 1 aromatic carbocycles. The van der Waals surface area contributed by atoms with Crippen LogP contribution in [0, 0.1) is 16.0 Å². The van der Waals surface area contributed by atoms with E-state index in [1.165, 1.54) is 13.0 Å². The molecule has 7 nitrogen and oxygen atoms in total. The van der Waals surface area contributed by atoms with Crippen LogP contribution in [-0.4, -0.2) is 67.0 Å². The van der Waals surface area contributed by atoms with E-state index in [-0.39, 0.29) is 34.6 Å². The summed E-state index contributed by atoms with van der Waals surface area (Å²) in [6.07, 6.45) is 4.27. The molecule has 0 aliphatic carbocycles. The van der Waals surface area contributed by atoms with Gasteiger partial charge in [-0.2, -0.15) is 0 Å². The molecule has 1 aliphatic heterocycles. The minimum absolute atomic E-state index is 0. The largest absolute Gasteiger partial charge is 0.356 e. The number of unbranched alkanes of at least 4 members (excludes halogenated alkanes) is 1. The summed E-state index contributed by atoms with van der Waals surface area (Å²) in [6.45, 7) is 10.9. The van der Waals surface area contributed by atoms with Crippen molar-refractivity contribution in [3.8, 4) is 0 Å². The number of non-ortho nitro benzene ring substituents is 1. The van der Waals surface area contributed by atoms with E-state index in [1.54, 1.807) is 12.1 Å². The van der Waals surface area contributed by atoms with E-state index in [1.807, 2.05) is 19.2 Å². The van der Waals surface area contributed by atoms with Gasteiger partial charge in [-0.25, -0.2) is 0 Å². The maximum Gasteiger partial charge on any atom is 0.269 e. The molecule has 1 aromatic rings. The fourth-order valence-electron chi connectivity index (χ4n) is 3.79. The molecule has 0 radical (unpaired) electrons. The summed E-state index contributed by atoms with van der Waals surface area (Å²) in [6, 6.07) is 6.87. The third kappa shape index (κ3) is 8.46. The van der Waals surface area contributed by atoms with Gasteiger partial charge in [0.2, 0.25) is 0 Å². The lowest BCUT2D eigenvalue weighted by Crippen LogP contribution is -2.41. The maximum atomic E-state index is 10.7. The zero-order chi connectivity index (χ0) is 20.4. The lowest BCUT2D eigenvalue weighted by molar-refractivity contribution is -0.384. The Morgan fingerprint density at radius 2 is 1.97 bits per heavy atom. The Balaban J connectivity index is 0.00000420. The first-order valence-corrected chi connectivity index (χ1v) is 10.5. The van der Waals surface area contributed by atoms with E-state index in [9.17, 15) is 10.1 Å². The van der Waals surface area contributed by atoms with Crippen molar-refractivity contribution in [2.24, 2.45) is 10.9 Å². The van der Waals surface area contributed by atoms with Gasteiger partial charge in [0.1, 0.15) is 0 Å². The smallest absolute Gasteiger partial charge is 0.269 e. The van der Waals surface area contributed by atoms with Gasteiger partial charge >= 0.3 is 0 Å². The SMILES string of the molecule is CCN(CC)CC1CCN(C(=NC)NCCCCc2ccc([N+](=O)[O-])cc2)C1.I. The number of halogens is 1. The molecular weight excluding hydrogens is 481 g/mol. The second-order valence-corrected chi connectivity index (χ2v) is 7.44. The van der Waals surface area contributed by atoms with Crippen LogP contribution >= 0.6 is 24.0 Å². The molecule has 164 valence electrons. The average Bonchev–Trinajstić information content (AvgIpc) is 3.17. The number of rotatable bonds is 10. The number of likely N-dealkylation sites (tertiary alicyclic amines) is 1. The van der Waals surface area contributed by atoms with Gasteiger partial charge in [0.15, 0.2) is 5.96 Å². The van der Waals surface area contributed by atoms with Gasteiger partial charge in [0.05, 0.1) is 4.92 Å². The van der Waals surface area contributed by atoms with Crippen LogP contribution in [0.2, 0.25) is 0 Å². The van der Waals surface area contributed by atoms with E-state index in [4.69, 9.17) is 0 Å². The van der Waals surface area contributed by atoms with Crippen molar-refractivity contribution in [1.82, 2.24) is 15.1 Å². The molecule has 0 saturated carbocycles. The van der Waals surface area contributed by atoms with Crippen molar-refractivity contribution in [3.63, 3.8) is 0 Å². The minimum Gasteiger partial charge on any atom is -0.356 e. The Kier molecular flexibility index (Phi) is 12.1. The van der Waals surface area contributed by atoms with Gasteiger partial charge < -0.3 is 15.1 Å². The quantitative estimate of drug-likeness (QED) is 0.128. The highest BCUT2D eigenvalue weighted by Gasteiger charge is 2.25. The van der Waals surface area contributed by atoms with Crippen LogP contribution in [0.3, 0.4) is 0 Å². The van der Waals surface area contributed by atoms with Crippen LogP contribution in [0.5, 0.6) is 0 Å². The van der Waals surface area contributed by atoms with Crippen molar-refractivity contribution in [2.75, 3.05) is 46.3 Å². The van der Waals surface area contributed by atoms with Crippen LogP contribution in [0.1, 0.15) is 38.7 Å². The van der Waals surface area contributed by atoms with Gasteiger partial charge in [-0.3, -0.25) is 15.1 Å². The summed E-state index contributed by atoms with van der Waals surface area (Å²) >= 11 is 0. The molecule has 1 aliphatic rings. The minimum atomic E-state index is -0.357. The first kappa shape index (κ1) is 25.6. The molecule has 1 saturated heterocycles. The monoisotopic (exact) mass is 517 g/mol. The normalized spacial score (nSPS) is 16.8. The fraction of sp³-hybridized carbons (Fsp3) is 0.667. The number of nitrogens with one attached hydrogen (secondary N) is 1. The Hall–Kier alpha value is -1.42. The summed E-state index contributed by atoms with van der Waals surface area (Å²) in [5.74, 6) is 1.73. The van der Waals surface area contributed by atoms with Crippen molar-refractivity contribution in [2.45, 2.75) is 39.5 Å². The summed E-state index contributed by atoms with van der Waals surface area (Å²) < 4.78 is 0. The summed E-state index contributed by atoms with van der Waals surface area (Å²) in [5, 5.41) is 14.2. The molecule has 0 spiro atoms. The van der Waals surface area contributed by atoms with Crippen molar-refractivity contribution < 1.29 is 4.92 Å². The number of guanidine groups is 1. The third-order valence-corrected chi connectivity index (χ3v) is 5.53. The second-order valence-electron chi connectivity index (χ2n) is 7.44. The second kappa shape index (κ2) is 13.7. The fourth-order valence-corrected chi connectivity index (χ4v) is 3.79. The number of benzene rings is 1. The van der Waals surface area contributed by atoms with E-state index in [0.29, 0.717) is 0 Å². The zero-order valence-electron chi connectivity index (χ0n) is 18.0. The molecule has 29 heavy (non-hydrogen) atoms. The van der Waals surface area contributed by atoms with Gasteiger partial charge in [-0.05, 0) is 50.3 Å². The molecule has 1 atom stereocenters. The highest BCUT2D eigenvalue weighted by Crippen LogP contribution is 2.18. The molecule has 1 unspecified atom stereocenters. The van der Waals surface area contributed by atoms with E-state index in [2.05, 4.69) is 34.0 Å². The molecule has 8 heteroatoms. The number of aryl methyl sites for hydroxylation is 1. The lowest BCUT2D eigenvalue weighted by Gasteiger charge is -2.24. The Bertz CT molecular complexity index is 634. The van der Waals surface area contributed by atoms with Gasteiger partial charge in [-0.1, -0.05) is 26.0 Å². The number of aliphatic imine (C=N–C) groups is 1. The number of hydrogen-bond acceptors (Lipinski definition) is 4. The highest BCUT2D eigenvalue weighted by molar-refractivity contribution is 14.0. The molecular formula is C21H36IN5O2. The van der Waals surface area contributed by atoms with Crippen LogP contribution in [0.15, 0.2) is 29.3 Å². The summed E-state index contributed by atoms with van der Waals surface area (Å²) in [5.41, 5.74) is 1.30. The van der Waals surface area contributed by atoms with Gasteiger partial charge in [0, 0.05) is 45.4 Å². The Morgan fingerprint density at radius 1 is 1.28 bits per heavy atom. The van der Waals surface area contributed by atoms with Crippen molar-refractivity contribution >= 4 is 35.6 Å². The van der Waals surface area contributed by atoms with Gasteiger partial charge in [-0.15, -0.1) is 24.0 Å². The van der Waals surface area contributed by atoms with Gasteiger partial charge in [0.25, 0.3) is 5.69 Å². The zero-order valence-corrected chi connectivity index (χ0v) is 20.3. The molecule has 1 N–H and O–H groups in total. The number of nitrogens with zero attached hydrogens (tertiary/aromatic N) is 4.